The number of nitrogens with zero attached hydrogens (tertiary/aromatic N) is 1. The van der Waals surface area contributed by atoms with Crippen LogP contribution in [-0.2, 0) is 5.75 Å². The van der Waals surface area contributed by atoms with Gasteiger partial charge in [-0.05, 0) is 37.1 Å². The van der Waals surface area contributed by atoms with Crippen molar-refractivity contribution in [3.63, 3.8) is 0 Å². The van der Waals surface area contributed by atoms with Crippen molar-refractivity contribution < 1.29 is 9.72 Å². The molecule has 0 atom stereocenters. The summed E-state index contributed by atoms with van der Waals surface area (Å²) in [7, 11) is 0. The summed E-state index contributed by atoms with van der Waals surface area (Å²) >= 11 is 1.52. The second-order valence-electron chi connectivity index (χ2n) is 4.71. The average Bonchev–Trinajstić information content (AvgIpc) is 2.46. The first kappa shape index (κ1) is 15.3. The Bertz CT molecular complexity index is 698. The Morgan fingerprint density at radius 3 is 2.57 bits per heavy atom. The molecule has 5 heteroatoms. The molecule has 21 heavy (non-hydrogen) atoms. The van der Waals surface area contributed by atoms with Crippen LogP contribution in [0.2, 0.25) is 0 Å². The normalized spacial score (nSPS) is 10.4. The minimum absolute atomic E-state index is 0.128. The molecule has 0 saturated heterocycles. The number of rotatable bonds is 5. The summed E-state index contributed by atoms with van der Waals surface area (Å²) in [6.45, 7) is 3.37. The van der Waals surface area contributed by atoms with Crippen molar-refractivity contribution >= 4 is 23.2 Å². The maximum absolute atomic E-state index is 11.4. The topological polar surface area (TPSA) is 60.2 Å². The van der Waals surface area contributed by atoms with E-state index in [0.29, 0.717) is 0 Å². The Morgan fingerprint density at radius 1 is 1.24 bits per heavy atom. The summed E-state index contributed by atoms with van der Waals surface area (Å²) in [5.41, 5.74) is 2.41. The monoisotopic (exact) mass is 301 g/mol. The molecule has 4 nitrogen and oxygen atoms in total. The molecule has 2 rings (SSSR count). The highest BCUT2D eigenvalue weighted by Crippen LogP contribution is 2.29. The number of benzene rings is 2. The molecule has 0 fully saturated rings. The van der Waals surface area contributed by atoms with Gasteiger partial charge in [0.25, 0.3) is 5.69 Å². The van der Waals surface area contributed by atoms with E-state index in [4.69, 9.17) is 0 Å². The Labute approximate surface area is 127 Å². The van der Waals surface area contributed by atoms with Crippen molar-refractivity contribution in [1.29, 1.82) is 0 Å². The predicted octanol–water partition coefficient (Wildman–Crippen LogP) is 4.40. The summed E-state index contributed by atoms with van der Waals surface area (Å²) in [5.74, 6) is 0.445. The second-order valence-corrected chi connectivity index (χ2v) is 5.76. The number of ketones is 1. The van der Waals surface area contributed by atoms with Crippen LogP contribution in [0.1, 0.15) is 28.4 Å². The lowest BCUT2D eigenvalue weighted by Crippen LogP contribution is -2.00. The van der Waals surface area contributed by atoms with Gasteiger partial charge >= 0.3 is 0 Å². The van der Waals surface area contributed by atoms with Crippen LogP contribution in [0.5, 0.6) is 0 Å². The summed E-state index contributed by atoms with van der Waals surface area (Å²) in [4.78, 5) is 22.7. The van der Waals surface area contributed by atoms with Crippen molar-refractivity contribution in [3.8, 4) is 0 Å². The van der Waals surface area contributed by atoms with Crippen LogP contribution in [0, 0.1) is 17.0 Å². The average molecular weight is 301 g/mol. The third-order valence-electron chi connectivity index (χ3n) is 3.20. The molecule has 0 N–H and O–H groups in total. The van der Waals surface area contributed by atoms with E-state index in [-0.39, 0.29) is 17.0 Å². The number of Topliss-reactive ketones (excluding diaryl/α,β-unsaturated/α-hetero) is 1. The Kier molecular flexibility index (Phi) is 4.75. The first-order valence-corrected chi connectivity index (χ1v) is 7.44. The molecule has 0 bridgehead atoms. The van der Waals surface area contributed by atoms with E-state index >= 15 is 0 Å². The van der Waals surface area contributed by atoms with Gasteiger partial charge < -0.3 is 0 Å². The molecule has 0 aliphatic carbocycles. The van der Waals surface area contributed by atoms with Gasteiger partial charge in [0.1, 0.15) is 0 Å². The lowest BCUT2D eigenvalue weighted by atomic mass is 10.1. The lowest BCUT2D eigenvalue weighted by Gasteiger charge is -2.06. The third kappa shape index (κ3) is 3.70. The second kappa shape index (κ2) is 6.54. The number of aryl methyl sites for hydroxylation is 1. The van der Waals surface area contributed by atoms with Gasteiger partial charge in [0.05, 0.1) is 10.5 Å². The third-order valence-corrected chi connectivity index (χ3v) is 4.24. The molecule has 0 radical (unpaired) electrons. The summed E-state index contributed by atoms with van der Waals surface area (Å²) in [5, 5.41) is 11.1. The van der Waals surface area contributed by atoms with E-state index < -0.39 is 4.92 Å². The molecule has 0 aliphatic heterocycles. The number of hydrogen-bond acceptors (Lipinski definition) is 4. The van der Waals surface area contributed by atoms with Crippen molar-refractivity contribution in [2.24, 2.45) is 0 Å². The number of hydrogen-bond donors (Lipinski definition) is 0. The van der Waals surface area contributed by atoms with Gasteiger partial charge in [0, 0.05) is 16.7 Å². The van der Waals surface area contributed by atoms with Crippen LogP contribution in [-0.4, -0.2) is 10.7 Å². The zero-order valence-electron chi connectivity index (χ0n) is 11.8. The summed E-state index contributed by atoms with van der Waals surface area (Å²) in [6, 6.07) is 12.8. The Balaban J connectivity index is 2.22. The van der Waals surface area contributed by atoms with E-state index in [1.807, 2.05) is 31.2 Å². The maximum Gasteiger partial charge on any atom is 0.281 e. The van der Waals surface area contributed by atoms with Crippen molar-refractivity contribution in [1.82, 2.24) is 0 Å². The van der Waals surface area contributed by atoms with Gasteiger partial charge in [-0.1, -0.05) is 24.3 Å². The van der Waals surface area contributed by atoms with Gasteiger partial charge in [-0.15, -0.1) is 11.8 Å². The molecule has 0 unspecified atom stereocenters. The van der Waals surface area contributed by atoms with Gasteiger partial charge in [0.2, 0.25) is 0 Å². The standard InChI is InChI=1S/C16H15NO3S/c1-11-5-3-4-6-13(11)10-21-14-7-8-15(12(2)18)16(9-14)17(19)20/h3-9H,10H2,1-2H3. The van der Waals surface area contributed by atoms with E-state index in [1.165, 1.54) is 41.9 Å². The van der Waals surface area contributed by atoms with Gasteiger partial charge in [0.15, 0.2) is 5.78 Å². The molecule has 2 aromatic carbocycles. The zero-order valence-corrected chi connectivity index (χ0v) is 12.6. The highest BCUT2D eigenvalue weighted by molar-refractivity contribution is 7.98. The number of nitro groups is 1. The quantitative estimate of drug-likeness (QED) is 0.355. The molecular formula is C16H15NO3S. The summed E-state index contributed by atoms with van der Waals surface area (Å²) < 4.78 is 0. The molecule has 2 aromatic rings. The first-order valence-electron chi connectivity index (χ1n) is 6.45. The number of thioether (sulfide) groups is 1. The molecule has 0 spiro atoms. The van der Waals surface area contributed by atoms with Crippen LogP contribution >= 0.6 is 11.8 Å². The molecule has 0 aliphatic rings. The van der Waals surface area contributed by atoms with Crippen molar-refractivity contribution in [3.05, 3.63) is 69.3 Å². The predicted molar refractivity (Wildman–Crippen MR) is 83.8 cm³/mol. The molecule has 0 aromatic heterocycles. The molecule has 0 saturated carbocycles. The largest absolute Gasteiger partial charge is 0.294 e. The minimum atomic E-state index is -0.505. The smallest absolute Gasteiger partial charge is 0.281 e. The van der Waals surface area contributed by atoms with Crippen LogP contribution in [0.3, 0.4) is 0 Å². The minimum Gasteiger partial charge on any atom is -0.294 e. The number of carbonyl (C=O) groups excluding carboxylic acids is 1. The lowest BCUT2D eigenvalue weighted by molar-refractivity contribution is -0.385. The maximum atomic E-state index is 11.4. The molecule has 0 heterocycles. The fourth-order valence-electron chi connectivity index (χ4n) is 1.98. The van der Waals surface area contributed by atoms with Gasteiger partial charge in [-0.2, -0.15) is 0 Å². The van der Waals surface area contributed by atoms with Crippen molar-refractivity contribution in [2.75, 3.05) is 0 Å². The van der Waals surface area contributed by atoms with E-state index in [0.717, 1.165) is 10.6 Å². The number of nitro benzene ring substituents is 1. The van der Waals surface area contributed by atoms with Crippen LogP contribution in [0.4, 0.5) is 5.69 Å². The fourth-order valence-corrected chi connectivity index (χ4v) is 2.99. The molecule has 108 valence electrons. The Morgan fingerprint density at radius 2 is 1.95 bits per heavy atom. The highest BCUT2D eigenvalue weighted by Gasteiger charge is 2.17. The summed E-state index contributed by atoms with van der Waals surface area (Å²) in [6.07, 6.45) is 0. The SMILES string of the molecule is CC(=O)c1ccc(SCc2ccccc2C)cc1[N+](=O)[O-]. The molecular weight excluding hydrogens is 286 g/mol. The van der Waals surface area contributed by atoms with E-state index in [2.05, 4.69) is 0 Å². The van der Waals surface area contributed by atoms with Crippen LogP contribution in [0.25, 0.3) is 0 Å². The molecule has 0 amide bonds. The van der Waals surface area contributed by atoms with Crippen LogP contribution in [0.15, 0.2) is 47.4 Å². The van der Waals surface area contributed by atoms with Gasteiger partial charge in [-0.3, -0.25) is 14.9 Å². The van der Waals surface area contributed by atoms with Gasteiger partial charge in [-0.25, -0.2) is 0 Å². The zero-order chi connectivity index (χ0) is 15.4. The first-order chi connectivity index (χ1) is 9.99. The fraction of sp³-hybridized carbons (Fsp3) is 0.188. The number of carbonyl (C=O) groups is 1. The highest BCUT2D eigenvalue weighted by atomic mass is 32.2. The van der Waals surface area contributed by atoms with E-state index in [1.54, 1.807) is 6.07 Å². The van der Waals surface area contributed by atoms with Crippen molar-refractivity contribution in [2.45, 2.75) is 24.5 Å². The Hall–Kier alpha value is -2.14. The van der Waals surface area contributed by atoms with E-state index in [9.17, 15) is 14.9 Å². The van der Waals surface area contributed by atoms with Crippen LogP contribution < -0.4 is 0 Å².